The Balaban J connectivity index is 0.00000288. The van der Waals surface area contributed by atoms with Crippen LogP contribution in [0.4, 0.5) is 0 Å². The van der Waals surface area contributed by atoms with Gasteiger partial charge in [-0.3, -0.25) is 9.59 Å². The fourth-order valence-electron chi connectivity index (χ4n) is 2.98. The third kappa shape index (κ3) is 6.25. The fourth-order valence-corrected chi connectivity index (χ4v) is 2.98. The van der Waals surface area contributed by atoms with Gasteiger partial charge in [0.05, 0.1) is 0 Å². The van der Waals surface area contributed by atoms with Crippen LogP contribution in [0.2, 0.25) is 0 Å². The van der Waals surface area contributed by atoms with Crippen LogP contribution >= 0.6 is 12.4 Å². The molecule has 1 heterocycles. The highest BCUT2D eigenvalue weighted by Crippen LogP contribution is 2.13. The molecule has 1 fully saturated rings. The maximum atomic E-state index is 12.2. The Bertz CT molecular complexity index is 543. The summed E-state index contributed by atoms with van der Waals surface area (Å²) >= 11 is 0. The molecule has 1 aliphatic rings. The zero-order valence-electron chi connectivity index (χ0n) is 14.9. The molecule has 134 valence electrons. The van der Waals surface area contributed by atoms with Crippen molar-refractivity contribution in [1.29, 1.82) is 0 Å². The summed E-state index contributed by atoms with van der Waals surface area (Å²) in [5, 5.41) is 3.32. The van der Waals surface area contributed by atoms with Gasteiger partial charge in [0.25, 0.3) is 0 Å². The predicted octanol–water partition coefficient (Wildman–Crippen LogP) is 3.09. The first-order valence-corrected chi connectivity index (χ1v) is 8.59. The van der Waals surface area contributed by atoms with Crippen LogP contribution in [0.15, 0.2) is 24.3 Å². The molecule has 0 radical (unpaired) electrons. The number of Topliss-reactive ketones (excluding diaryl/α,β-unsaturated/α-hetero) is 1. The third-order valence-electron chi connectivity index (χ3n) is 4.21. The van der Waals surface area contributed by atoms with E-state index in [-0.39, 0.29) is 24.1 Å². The lowest BCUT2D eigenvalue weighted by Gasteiger charge is -2.31. The number of nitrogens with zero attached hydrogens (tertiary/aromatic N) is 1. The number of rotatable bonds is 6. The van der Waals surface area contributed by atoms with Crippen molar-refractivity contribution in [1.82, 2.24) is 10.2 Å². The SMILES string of the molecule is CC(C)Cc1ccc(C(=O)CCC(=O)N2CCNC(C)C2)cc1.Cl. The van der Waals surface area contributed by atoms with Gasteiger partial charge in [-0.2, -0.15) is 0 Å². The lowest BCUT2D eigenvalue weighted by atomic mass is 9.99. The number of nitrogens with one attached hydrogen (secondary N) is 1. The lowest BCUT2D eigenvalue weighted by Crippen LogP contribution is -2.51. The molecular weight excluding hydrogens is 324 g/mol. The Morgan fingerprint density at radius 3 is 2.46 bits per heavy atom. The zero-order chi connectivity index (χ0) is 16.8. The Kier molecular flexibility index (Phi) is 8.43. The van der Waals surface area contributed by atoms with Crippen molar-refractivity contribution in [3.05, 3.63) is 35.4 Å². The minimum Gasteiger partial charge on any atom is -0.340 e. The van der Waals surface area contributed by atoms with Gasteiger partial charge < -0.3 is 10.2 Å². The normalized spacial score (nSPS) is 17.5. The predicted molar refractivity (Wildman–Crippen MR) is 99.8 cm³/mol. The summed E-state index contributed by atoms with van der Waals surface area (Å²) in [4.78, 5) is 26.3. The second-order valence-corrected chi connectivity index (χ2v) is 6.91. The first kappa shape index (κ1) is 20.7. The van der Waals surface area contributed by atoms with Crippen LogP contribution in [0.3, 0.4) is 0 Å². The van der Waals surface area contributed by atoms with Gasteiger partial charge in [-0.25, -0.2) is 0 Å². The topological polar surface area (TPSA) is 49.4 Å². The first-order chi connectivity index (χ1) is 11.0. The second-order valence-electron chi connectivity index (χ2n) is 6.91. The molecule has 0 saturated carbocycles. The molecule has 0 bridgehead atoms. The van der Waals surface area contributed by atoms with Crippen molar-refractivity contribution in [2.45, 2.75) is 46.1 Å². The van der Waals surface area contributed by atoms with E-state index in [1.807, 2.05) is 29.2 Å². The van der Waals surface area contributed by atoms with E-state index >= 15 is 0 Å². The quantitative estimate of drug-likeness (QED) is 0.800. The number of piperazine rings is 1. The fraction of sp³-hybridized carbons (Fsp3) is 0.579. The number of carbonyl (C=O) groups is 2. The molecule has 1 saturated heterocycles. The van der Waals surface area contributed by atoms with E-state index in [1.165, 1.54) is 5.56 Å². The third-order valence-corrected chi connectivity index (χ3v) is 4.21. The van der Waals surface area contributed by atoms with Gasteiger partial charge in [0.1, 0.15) is 0 Å². The van der Waals surface area contributed by atoms with Crippen LogP contribution in [0, 0.1) is 5.92 Å². The second kappa shape index (κ2) is 9.80. The zero-order valence-corrected chi connectivity index (χ0v) is 15.7. The van der Waals surface area contributed by atoms with E-state index in [9.17, 15) is 9.59 Å². The highest BCUT2D eigenvalue weighted by atomic mass is 35.5. The summed E-state index contributed by atoms with van der Waals surface area (Å²) in [6.45, 7) is 8.74. The lowest BCUT2D eigenvalue weighted by molar-refractivity contribution is -0.132. The molecular formula is C19H29ClN2O2. The largest absolute Gasteiger partial charge is 0.340 e. The monoisotopic (exact) mass is 352 g/mol. The molecule has 1 aromatic carbocycles. The van der Waals surface area contributed by atoms with Crippen LogP contribution in [0.1, 0.15) is 49.5 Å². The number of amides is 1. The number of hydrogen-bond donors (Lipinski definition) is 1. The number of benzene rings is 1. The average molecular weight is 353 g/mol. The molecule has 0 aromatic heterocycles. The van der Waals surface area contributed by atoms with Crippen LogP contribution in [-0.4, -0.2) is 42.3 Å². The Morgan fingerprint density at radius 2 is 1.88 bits per heavy atom. The molecule has 0 spiro atoms. The average Bonchev–Trinajstić information content (AvgIpc) is 2.52. The molecule has 2 rings (SSSR count). The molecule has 1 N–H and O–H groups in total. The first-order valence-electron chi connectivity index (χ1n) is 8.59. The van der Waals surface area contributed by atoms with Crippen molar-refractivity contribution < 1.29 is 9.59 Å². The van der Waals surface area contributed by atoms with Crippen molar-refractivity contribution in [3.63, 3.8) is 0 Å². The van der Waals surface area contributed by atoms with Crippen molar-refractivity contribution in [3.8, 4) is 0 Å². The standard InChI is InChI=1S/C19H28N2O2.ClH/c1-14(2)12-16-4-6-17(7-5-16)18(22)8-9-19(23)21-11-10-20-15(3)13-21;/h4-7,14-15,20H,8-13H2,1-3H3;1H. The number of hydrogen-bond acceptors (Lipinski definition) is 3. The van der Waals surface area contributed by atoms with E-state index in [0.29, 0.717) is 30.4 Å². The Morgan fingerprint density at radius 1 is 1.21 bits per heavy atom. The van der Waals surface area contributed by atoms with Gasteiger partial charge in [-0.05, 0) is 24.8 Å². The van der Waals surface area contributed by atoms with Crippen LogP contribution in [-0.2, 0) is 11.2 Å². The summed E-state index contributed by atoms with van der Waals surface area (Å²) in [7, 11) is 0. The van der Waals surface area contributed by atoms with Gasteiger partial charge >= 0.3 is 0 Å². The summed E-state index contributed by atoms with van der Waals surface area (Å²) < 4.78 is 0. The van der Waals surface area contributed by atoms with Gasteiger partial charge in [-0.15, -0.1) is 12.4 Å². The van der Waals surface area contributed by atoms with Crippen LogP contribution < -0.4 is 5.32 Å². The van der Waals surface area contributed by atoms with Crippen molar-refractivity contribution in [2.75, 3.05) is 19.6 Å². The Labute approximate surface area is 151 Å². The molecule has 24 heavy (non-hydrogen) atoms. The molecule has 1 amide bonds. The maximum Gasteiger partial charge on any atom is 0.223 e. The van der Waals surface area contributed by atoms with Crippen LogP contribution in [0.25, 0.3) is 0 Å². The minimum atomic E-state index is 0. The molecule has 1 aliphatic heterocycles. The summed E-state index contributed by atoms with van der Waals surface area (Å²) in [6, 6.07) is 8.14. The Hall–Kier alpha value is -1.39. The highest BCUT2D eigenvalue weighted by Gasteiger charge is 2.21. The van der Waals surface area contributed by atoms with Gasteiger partial charge in [0, 0.05) is 44.1 Å². The molecule has 1 atom stereocenters. The number of carbonyl (C=O) groups excluding carboxylic acids is 2. The van der Waals surface area contributed by atoms with Crippen LogP contribution in [0.5, 0.6) is 0 Å². The van der Waals surface area contributed by atoms with Gasteiger partial charge in [0.2, 0.25) is 5.91 Å². The van der Waals surface area contributed by atoms with Gasteiger partial charge in [-0.1, -0.05) is 38.1 Å². The molecule has 0 aliphatic carbocycles. The molecule has 5 heteroatoms. The number of halogens is 1. The maximum absolute atomic E-state index is 12.2. The molecule has 1 aromatic rings. The van der Waals surface area contributed by atoms with E-state index < -0.39 is 0 Å². The number of ketones is 1. The van der Waals surface area contributed by atoms with Crippen molar-refractivity contribution >= 4 is 24.1 Å². The van der Waals surface area contributed by atoms with E-state index in [4.69, 9.17) is 0 Å². The van der Waals surface area contributed by atoms with E-state index in [2.05, 4.69) is 26.1 Å². The smallest absolute Gasteiger partial charge is 0.223 e. The minimum absolute atomic E-state index is 0. The van der Waals surface area contributed by atoms with Crippen molar-refractivity contribution in [2.24, 2.45) is 5.92 Å². The molecule has 4 nitrogen and oxygen atoms in total. The molecule has 1 unspecified atom stereocenters. The van der Waals surface area contributed by atoms with E-state index in [0.717, 1.165) is 26.1 Å². The summed E-state index contributed by atoms with van der Waals surface area (Å²) in [5.41, 5.74) is 1.96. The highest BCUT2D eigenvalue weighted by molar-refractivity contribution is 5.98. The van der Waals surface area contributed by atoms with Gasteiger partial charge in [0.15, 0.2) is 5.78 Å². The summed E-state index contributed by atoms with van der Waals surface area (Å²) in [5.74, 6) is 0.747. The van der Waals surface area contributed by atoms with E-state index in [1.54, 1.807) is 0 Å². The summed E-state index contributed by atoms with van der Waals surface area (Å²) in [6.07, 6.45) is 1.62.